The summed E-state index contributed by atoms with van der Waals surface area (Å²) in [5, 5.41) is 10.5. The molecule has 0 saturated carbocycles. The first-order valence-electron chi connectivity index (χ1n) is 8.73. The average molecular weight is 410 g/mol. The van der Waals surface area contributed by atoms with Crippen LogP contribution in [-0.2, 0) is 0 Å². The summed E-state index contributed by atoms with van der Waals surface area (Å²) in [7, 11) is 0. The number of benzene rings is 2. The topological polar surface area (TPSA) is 54.8 Å². The van der Waals surface area contributed by atoms with Crippen molar-refractivity contribution in [1.82, 2.24) is 4.98 Å². The summed E-state index contributed by atoms with van der Waals surface area (Å²) in [6.07, 6.45) is -3.15. The maximum Gasteiger partial charge on any atom is 0.573 e. The molecule has 0 spiro atoms. The Morgan fingerprint density at radius 2 is 1.71 bits per heavy atom. The number of ether oxygens (including phenoxy) is 2. The van der Waals surface area contributed by atoms with Gasteiger partial charge in [-0.15, -0.1) is 13.2 Å². The number of fused-ring (bicyclic) bond motifs is 1. The SMILES string of the molecule is Oc1ccc2sc(N3CCC(Oc4ccc(OC(F)(F)F)cc4)CC3)nc2c1. The van der Waals surface area contributed by atoms with E-state index in [4.69, 9.17) is 4.74 Å². The number of phenols is 1. The van der Waals surface area contributed by atoms with Gasteiger partial charge in [0.05, 0.1) is 10.2 Å². The van der Waals surface area contributed by atoms with Gasteiger partial charge in [-0.3, -0.25) is 0 Å². The van der Waals surface area contributed by atoms with Crippen LogP contribution >= 0.6 is 11.3 Å². The molecule has 1 saturated heterocycles. The number of phenolic OH excluding ortho intramolecular Hbond substituents is 1. The zero-order chi connectivity index (χ0) is 19.7. The van der Waals surface area contributed by atoms with E-state index < -0.39 is 6.36 Å². The number of aromatic nitrogens is 1. The minimum absolute atomic E-state index is 0.0101. The van der Waals surface area contributed by atoms with Crippen LogP contribution in [0.3, 0.4) is 0 Å². The molecule has 28 heavy (non-hydrogen) atoms. The molecule has 5 nitrogen and oxygen atoms in total. The molecule has 3 aromatic rings. The monoisotopic (exact) mass is 410 g/mol. The summed E-state index contributed by atoms with van der Waals surface area (Å²) < 4.78 is 47.4. The van der Waals surface area contributed by atoms with E-state index in [2.05, 4.69) is 14.6 Å². The van der Waals surface area contributed by atoms with Crippen molar-refractivity contribution in [3.63, 3.8) is 0 Å². The molecular formula is C19H17F3N2O3S. The van der Waals surface area contributed by atoms with E-state index in [0.717, 1.165) is 41.3 Å². The van der Waals surface area contributed by atoms with Gasteiger partial charge in [0.25, 0.3) is 0 Å². The second-order valence-corrected chi connectivity index (χ2v) is 7.48. The highest BCUT2D eigenvalue weighted by atomic mass is 32.1. The molecule has 0 radical (unpaired) electrons. The number of thiazole rings is 1. The van der Waals surface area contributed by atoms with Crippen LogP contribution in [0.15, 0.2) is 42.5 Å². The lowest BCUT2D eigenvalue weighted by molar-refractivity contribution is -0.274. The van der Waals surface area contributed by atoms with E-state index in [9.17, 15) is 18.3 Å². The maximum atomic E-state index is 12.2. The number of piperidine rings is 1. The van der Waals surface area contributed by atoms with Crippen LogP contribution in [-0.4, -0.2) is 35.6 Å². The summed E-state index contributed by atoms with van der Waals surface area (Å²) in [5.74, 6) is 0.447. The van der Waals surface area contributed by atoms with E-state index in [0.29, 0.717) is 5.75 Å². The van der Waals surface area contributed by atoms with E-state index in [-0.39, 0.29) is 17.6 Å². The van der Waals surface area contributed by atoms with Gasteiger partial charge in [-0.25, -0.2) is 4.98 Å². The highest BCUT2D eigenvalue weighted by Gasteiger charge is 2.31. The standard InChI is InChI=1S/C19H17F3N2O3S/c20-19(21,22)27-15-4-2-13(3-5-15)26-14-7-9-24(10-8-14)18-23-16-11-12(25)1-6-17(16)28-18/h1-6,11,14,25H,7-10H2. The van der Waals surface area contributed by atoms with Crippen LogP contribution < -0.4 is 14.4 Å². The van der Waals surface area contributed by atoms with Crippen LogP contribution in [0.1, 0.15) is 12.8 Å². The second-order valence-electron chi connectivity index (χ2n) is 6.47. The Balaban J connectivity index is 1.33. The normalized spacial score (nSPS) is 15.8. The van der Waals surface area contributed by atoms with Crippen molar-refractivity contribution in [2.24, 2.45) is 0 Å². The van der Waals surface area contributed by atoms with Gasteiger partial charge in [0.2, 0.25) is 0 Å². The van der Waals surface area contributed by atoms with E-state index >= 15 is 0 Å². The van der Waals surface area contributed by atoms with Crippen molar-refractivity contribution in [3.8, 4) is 17.2 Å². The van der Waals surface area contributed by atoms with Gasteiger partial charge in [0.1, 0.15) is 23.4 Å². The Bertz CT molecular complexity index is 951. The van der Waals surface area contributed by atoms with Crippen LogP contribution in [0.2, 0.25) is 0 Å². The summed E-state index contributed by atoms with van der Waals surface area (Å²) in [6, 6.07) is 10.6. The van der Waals surface area contributed by atoms with Crippen molar-refractivity contribution in [2.45, 2.75) is 25.3 Å². The molecule has 0 bridgehead atoms. The van der Waals surface area contributed by atoms with Gasteiger partial charge in [0.15, 0.2) is 5.13 Å². The molecule has 2 aromatic carbocycles. The molecule has 1 aromatic heterocycles. The van der Waals surface area contributed by atoms with Gasteiger partial charge in [-0.05, 0) is 36.4 Å². The molecular weight excluding hydrogens is 393 g/mol. The fourth-order valence-electron chi connectivity index (χ4n) is 3.12. The minimum atomic E-state index is -4.70. The number of alkyl halides is 3. The zero-order valence-corrected chi connectivity index (χ0v) is 15.5. The molecule has 0 amide bonds. The predicted octanol–water partition coefficient (Wildman–Crippen LogP) is 4.95. The van der Waals surface area contributed by atoms with Crippen LogP contribution in [0, 0.1) is 0 Å². The fraction of sp³-hybridized carbons (Fsp3) is 0.316. The molecule has 148 valence electrons. The molecule has 4 rings (SSSR count). The lowest BCUT2D eigenvalue weighted by Gasteiger charge is -2.31. The fourth-order valence-corrected chi connectivity index (χ4v) is 4.11. The van der Waals surface area contributed by atoms with Gasteiger partial charge < -0.3 is 19.5 Å². The smallest absolute Gasteiger partial charge is 0.508 e. The summed E-state index contributed by atoms with van der Waals surface area (Å²) in [5.41, 5.74) is 0.777. The Kier molecular flexibility index (Phi) is 4.92. The third-order valence-electron chi connectivity index (χ3n) is 4.43. The quantitative estimate of drug-likeness (QED) is 0.660. The van der Waals surface area contributed by atoms with Crippen molar-refractivity contribution in [3.05, 3.63) is 42.5 Å². The highest BCUT2D eigenvalue weighted by molar-refractivity contribution is 7.22. The lowest BCUT2D eigenvalue weighted by atomic mass is 10.1. The van der Waals surface area contributed by atoms with E-state index in [1.54, 1.807) is 23.5 Å². The number of aromatic hydroxyl groups is 1. The number of hydrogen-bond donors (Lipinski definition) is 1. The van der Waals surface area contributed by atoms with Crippen LogP contribution in [0.5, 0.6) is 17.2 Å². The highest BCUT2D eigenvalue weighted by Crippen LogP contribution is 2.33. The largest absolute Gasteiger partial charge is 0.573 e. The molecule has 1 aliphatic heterocycles. The number of nitrogens with zero attached hydrogens (tertiary/aromatic N) is 2. The van der Waals surface area contributed by atoms with Gasteiger partial charge in [-0.1, -0.05) is 11.3 Å². The number of anilines is 1. The number of hydrogen-bond acceptors (Lipinski definition) is 6. The molecule has 9 heteroatoms. The van der Waals surface area contributed by atoms with E-state index in [1.807, 2.05) is 6.07 Å². The molecule has 1 aliphatic rings. The Hall–Kier alpha value is -2.68. The molecule has 2 heterocycles. The third-order valence-corrected chi connectivity index (χ3v) is 5.53. The van der Waals surface area contributed by atoms with Gasteiger partial charge >= 0.3 is 6.36 Å². The zero-order valence-electron chi connectivity index (χ0n) is 14.6. The van der Waals surface area contributed by atoms with Crippen molar-refractivity contribution in [2.75, 3.05) is 18.0 Å². The Labute approximate surface area is 162 Å². The molecule has 1 N–H and O–H groups in total. The summed E-state index contributed by atoms with van der Waals surface area (Å²) >= 11 is 1.58. The van der Waals surface area contributed by atoms with Crippen molar-refractivity contribution in [1.29, 1.82) is 0 Å². The number of rotatable bonds is 4. The first kappa shape index (κ1) is 18.7. The van der Waals surface area contributed by atoms with Crippen molar-refractivity contribution >= 4 is 26.7 Å². The Morgan fingerprint density at radius 1 is 1.04 bits per heavy atom. The molecule has 1 fully saturated rings. The average Bonchev–Trinajstić information content (AvgIpc) is 3.06. The van der Waals surface area contributed by atoms with Crippen LogP contribution in [0.4, 0.5) is 18.3 Å². The van der Waals surface area contributed by atoms with Crippen molar-refractivity contribution < 1.29 is 27.8 Å². The molecule has 0 aliphatic carbocycles. The molecule has 0 atom stereocenters. The lowest BCUT2D eigenvalue weighted by Crippen LogP contribution is -2.38. The van der Waals surface area contributed by atoms with Gasteiger partial charge in [0, 0.05) is 32.0 Å². The van der Waals surface area contributed by atoms with E-state index in [1.165, 1.54) is 24.3 Å². The second kappa shape index (κ2) is 7.38. The summed E-state index contributed by atoms with van der Waals surface area (Å²) in [6.45, 7) is 1.54. The van der Waals surface area contributed by atoms with Gasteiger partial charge in [-0.2, -0.15) is 0 Å². The van der Waals surface area contributed by atoms with Crippen LogP contribution in [0.25, 0.3) is 10.2 Å². The Morgan fingerprint density at radius 3 is 2.39 bits per heavy atom. The first-order valence-corrected chi connectivity index (χ1v) is 9.54. The minimum Gasteiger partial charge on any atom is -0.508 e. The summed E-state index contributed by atoms with van der Waals surface area (Å²) in [4.78, 5) is 6.77. The molecule has 0 unspecified atom stereocenters. The maximum absolute atomic E-state index is 12.2. The third kappa shape index (κ3) is 4.41. The predicted molar refractivity (Wildman–Crippen MR) is 100 cm³/mol. The first-order chi connectivity index (χ1) is 13.4. The number of halogens is 3.